The molecule has 1 aromatic carbocycles. The van der Waals surface area contributed by atoms with Gasteiger partial charge in [-0.2, -0.15) is 0 Å². The quantitative estimate of drug-likeness (QED) is 0.917. The molecule has 0 radical (unpaired) electrons. The Morgan fingerprint density at radius 3 is 2.48 bits per heavy atom. The van der Waals surface area contributed by atoms with Crippen molar-refractivity contribution in [1.82, 2.24) is 15.0 Å². The van der Waals surface area contributed by atoms with Gasteiger partial charge in [-0.05, 0) is 17.4 Å². The van der Waals surface area contributed by atoms with Gasteiger partial charge in [-0.1, -0.05) is 50.3 Å². The Kier molecular flexibility index (Phi) is 4.40. The Morgan fingerprint density at radius 1 is 1.24 bits per heavy atom. The number of carbonyl (C=O) groups is 1. The Morgan fingerprint density at radius 2 is 1.90 bits per heavy atom. The van der Waals surface area contributed by atoms with Crippen molar-refractivity contribution in [3.8, 4) is 11.3 Å². The SMILES string of the molecule is CC(C)(C)c1ccc(-c2cnnn2CCCC(=O)O)cc1. The summed E-state index contributed by atoms with van der Waals surface area (Å²) in [6.45, 7) is 7.10. The summed E-state index contributed by atoms with van der Waals surface area (Å²) in [4.78, 5) is 10.6. The molecule has 1 heterocycles. The highest BCUT2D eigenvalue weighted by Gasteiger charge is 2.14. The first-order chi connectivity index (χ1) is 9.88. The summed E-state index contributed by atoms with van der Waals surface area (Å²) in [5.41, 5.74) is 3.36. The Labute approximate surface area is 124 Å². The molecule has 0 aliphatic rings. The van der Waals surface area contributed by atoms with Gasteiger partial charge in [0, 0.05) is 18.5 Å². The van der Waals surface area contributed by atoms with Crippen LogP contribution in [0.3, 0.4) is 0 Å². The standard InChI is InChI=1S/C16H21N3O2/c1-16(2,3)13-8-6-12(7-9-13)14-11-17-18-19(14)10-4-5-15(20)21/h6-9,11H,4-5,10H2,1-3H3,(H,20,21). The number of carboxylic acids is 1. The molecule has 112 valence electrons. The summed E-state index contributed by atoms with van der Waals surface area (Å²) >= 11 is 0. The van der Waals surface area contributed by atoms with E-state index in [-0.39, 0.29) is 11.8 Å². The van der Waals surface area contributed by atoms with E-state index in [1.807, 2.05) is 0 Å². The van der Waals surface area contributed by atoms with Gasteiger partial charge in [0.05, 0.1) is 11.9 Å². The first kappa shape index (κ1) is 15.2. The Hall–Kier alpha value is -2.17. The van der Waals surface area contributed by atoms with Crippen molar-refractivity contribution in [3.05, 3.63) is 36.0 Å². The second-order valence-electron chi connectivity index (χ2n) is 6.17. The topological polar surface area (TPSA) is 68.0 Å². The van der Waals surface area contributed by atoms with E-state index in [4.69, 9.17) is 5.11 Å². The fourth-order valence-electron chi connectivity index (χ4n) is 2.17. The molecule has 2 aromatic rings. The van der Waals surface area contributed by atoms with Crippen LogP contribution in [0.4, 0.5) is 0 Å². The molecule has 0 fully saturated rings. The van der Waals surface area contributed by atoms with Crippen molar-refractivity contribution in [2.45, 2.75) is 45.6 Å². The van der Waals surface area contributed by atoms with Crippen molar-refractivity contribution in [2.75, 3.05) is 0 Å². The van der Waals surface area contributed by atoms with Crippen LogP contribution in [0, 0.1) is 0 Å². The molecule has 0 saturated carbocycles. The average Bonchev–Trinajstić information content (AvgIpc) is 2.86. The van der Waals surface area contributed by atoms with Gasteiger partial charge in [-0.3, -0.25) is 4.79 Å². The minimum atomic E-state index is -0.786. The monoisotopic (exact) mass is 287 g/mol. The lowest BCUT2D eigenvalue weighted by molar-refractivity contribution is -0.137. The van der Waals surface area contributed by atoms with Gasteiger partial charge in [0.25, 0.3) is 0 Å². The number of benzene rings is 1. The number of aromatic nitrogens is 3. The molecule has 5 nitrogen and oxygen atoms in total. The van der Waals surface area contributed by atoms with Crippen molar-refractivity contribution < 1.29 is 9.90 Å². The molecule has 5 heteroatoms. The fourth-order valence-corrected chi connectivity index (χ4v) is 2.17. The highest BCUT2D eigenvalue weighted by molar-refractivity contribution is 5.66. The van der Waals surface area contributed by atoms with Crippen molar-refractivity contribution >= 4 is 5.97 Å². The summed E-state index contributed by atoms with van der Waals surface area (Å²) in [6.07, 6.45) is 2.40. The number of nitrogens with zero attached hydrogens (tertiary/aromatic N) is 3. The van der Waals surface area contributed by atoms with Crippen LogP contribution >= 0.6 is 0 Å². The second kappa shape index (κ2) is 6.08. The van der Waals surface area contributed by atoms with E-state index in [2.05, 4.69) is 55.3 Å². The summed E-state index contributed by atoms with van der Waals surface area (Å²) in [5, 5.41) is 16.7. The number of hydrogen-bond donors (Lipinski definition) is 1. The lowest BCUT2D eigenvalue weighted by atomic mass is 9.86. The number of hydrogen-bond acceptors (Lipinski definition) is 3. The third-order valence-electron chi connectivity index (χ3n) is 3.42. The highest BCUT2D eigenvalue weighted by Crippen LogP contribution is 2.25. The smallest absolute Gasteiger partial charge is 0.303 e. The molecule has 0 aliphatic heterocycles. The fraction of sp³-hybridized carbons (Fsp3) is 0.438. The zero-order valence-corrected chi connectivity index (χ0v) is 12.7. The maximum Gasteiger partial charge on any atom is 0.303 e. The van der Waals surface area contributed by atoms with Crippen molar-refractivity contribution in [3.63, 3.8) is 0 Å². The van der Waals surface area contributed by atoms with E-state index >= 15 is 0 Å². The third-order valence-corrected chi connectivity index (χ3v) is 3.42. The predicted molar refractivity (Wildman–Crippen MR) is 81.0 cm³/mol. The van der Waals surface area contributed by atoms with E-state index in [1.54, 1.807) is 10.9 Å². The molecule has 0 saturated heterocycles. The van der Waals surface area contributed by atoms with Gasteiger partial charge in [-0.15, -0.1) is 5.10 Å². The molecule has 0 bridgehead atoms. The van der Waals surface area contributed by atoms with Crippen LogP contribution in [0.25, 0.3) is 11.3 Å². The van der Waals surface area contributed by atoms with E-state index in [0.29, 0.717) is 13.0 Å². The molecule has 0 unspecified atom stereocenters. The van der Waals surface area contributed by atoms with Gasteiger partial charge >= 0.3 is 5.97 Å². The van der Waals surface area contributed by atoms with E-state index < -0.39 is 5.97 Å². The number of aryl methyl sites for hydroxylation is 1. The van der Waals surface area contributed by atoms with Crippen LogP contribution in [0.5, 0.6) is 0 Å². The Bertz CT molecular complexity index is 609. The van der Waals surface area contributed by atoms with Crippen LogP contribution in [0.15, 0.2) is 30.5 Å². The predicted octanol–water partition coefficient (Wildman–Crippen LogP) is 3.11. The Balaban J connectivity index is 2.15. The lowest BCUT2D eigenvalue weighted by Crippen LogP contribution is -2.10. The van der Waals surface area contributed by atoms with Gasteiger partial charge in [0.15, 0.2) is 0 Å². The molecule has 1 N–H and O–H groups in total. The van der Waals surface area contributed by atoms with Crippen LogP contribution in [0.1, 0.15) is 39.2 Å². The highest BCUT2D eigenvalue weighted by atomic mass is 16.4. The van der Waals surface area contributed by atoms with Gasteiger partial charge in [-0.25, -0.2) is 4.68 Å². The summed E-state index contributed by atoms with van der Waals surface area (Å²) in [6, 6.07) is 8.35. The molecule has 21 heavy (non-hydrogen) atoms. The first-order valence-electron chi connectivity index (χ1n) is 7.09. The second-order valence-corrected chi connectivity index (χ2v) is 6.17. The molecule has 0 amide bonds. The third kappa shape index (κ3) is 3.90. The van der Waals surface area contributed by atoms with E-state index in [1.165, 1.54) is 5.56 Å². The molecule has 0 atom stereocenters. The van der Waals surface area contributed by atoms with E-state index in [9.17, 15) is 4.79 Å². The van der Waals surface area contributed by atoms with E-state index in [0.717, 1.165) is 11.3 Å². The molecule has 0 aliphatic carbocycles. The first-order valence-corrected chi connectivity index (χ1v) is 7.09. The molecular formula is C16H21N3O2. The normalized spacial score (nSPS) is 11.6. The molecular weight excluding hydrogens is 266 g/mol. The van der Waals surface area contributed by atoms with Crippen LogP contribution in [-0.4, -0.2) is 26.1 Å². The zero-order chi connectivity index (χ0) is 15.5. The number of carboxylic acid groups (broad SMARTS) is 1. The minimum absolute atomic E-state index is 0.124. The van der Waals surface area contributed by atoms with Gasteiger partial charge < -0.3 is 5.11 Å². The number of aliphatic carboxylic acids is 1. The van der Waals surface area contributed by atoms with Crippen LogP contribution in [0.2, 0.25) is 0 Å². The minimum Gasteiger partial charge on any atom is -0.481 e. The summed E-state index contributed by atoms with van der Waals surface area (Å²) in [7, 11) is 0. The maximum absolute atomic E-state index is 10.6. The molecule has 0 spiro atoms. The van der Waals surface area contributed by atoms with Crippen molar-refractivity contribution in [1.29, 1.82) is 0 Å². The molecule has 1 aromatic heterocycles. The lowest BCUT2D eigenvalue weighted by Gasteiger charge is -2.19. The number of rotatable bonds is 5. The summed E-state index contributed by atoms with van der Waals surface area (Å²) in [5.74, 6) is -0.786. The zero-order valence-electron chi connectivity index (χ0n) is 12.7. The average molecular weight is 287 g/mol. The van der Waals surface area contributed by atoms with Crippen molar-refractivity contribution in [2.24, 2.45) is 0 Å². The van der Waals surface area contributed by atoms with Crippen LogP contribution in [-0.2, 0) is 16.8 Å². The molecule has 2 rings (SSSR count). The van der Waals surface area contributed by atoms with Gasteiger partial charge in [0.2, 0.25) is 0 Å². The van der Waals surface area contributed by atoms with Gasteiger partial charge in [0.1, 0.15) is 0 Å². The summed E-state index contributed by atoms with van der Waals surface area (Å²) < 4.78 is 1.76. The maximum atomic E-state index is 10.6. The van der Waals surface area contributed by atoms with Crippen LogP contribution < -0.4 is 0 Å². The largest absolute Gasteiger partial charge is 0.481 e.